The standard InChI is InChI=1S/C54H101NO5/c1-3-5-7-9-11-13-15-17-19-20-21-22-23-24-26-30-34-38-42-46-52(57)51(50-56)55-53(58)47-43-39-35-31-28-29-33-37-41-45-49-60-54(59)48-44-40-36-32-27-25-18-16-14-12-10-8-6-4-2/h10,12,16,18,42,46,51-52,56-57H,3-9,11,13-15,17,19-41,43-45,47-50H2,1-2H3,(H,55,58)/b12-10-,18-16-,46-42+. The largest absolute Gasteiger partial charge is 0.466 e. The van der Waals surface area contributed by atoms with E-state index in [0.717, 1.165) is 70.6 Å². The zero-order valence-electron chi connectivity index (χ0n) is 39.9. The number of allylic oxidation sites excluding steroid dienone is 5. The first-order valence-corrected chi connectivity index (χ1v) is 26.3. The lowest BCUT2D eigenvalue weighted by molar-refractivity contribution is -0.143. The number of aliphatic hydroxyl groups is 2. The SMILES string of the molecule is CCCC/C=C\C/C=C\CCCCCCCC(=O)OCCCCCCCCCCCCC(=O)NC(CO)C(O)/C=C/CCCCCCCCCCCCCCCCCCC. The zero-order chi connectivity index (χ0) is 43.7. The van der Waals surface area contributed by atoms with E-state index in [1.165, 1.54) is 173 Å². The van der Waals surface area contributed by atoms with Crippen LogP contribution < -0.4 is 5.32 Å². The second-order valence-corrected chi connectivity index (χ2v) is 17.9. The summed E-state index contributed by atoms with van der Waals surface area (Å²) in [6, 6.07) is -0.646. The molecule has 3 N–H and O–H groups in total. The fraction of sp³-hybridized carbons (Fsp3) is 0.852. The molecule has 352 valence electrons. The smallest absolute Gasteiger partial charge is 0.305 e. The summed E-state index contributed by atoms with van der Waals surface area (Å²) < 4.78 is 5.44. The van der Waals surface area contributed by atoms with Crippen molar-refractivity contribution in [2.24, 2.45) is 0 Å². The second kappa shape index (κ2) is 49.7. The number of aliphatic hydroxyl groups excluding tert-OH is 2. The van der Waals surface area contributed by atoms with Crippen molar-refractivity contribution in [2.45, 2.75) is 283 Å². The van der Waals surface area contributed by atoms with Gasteiger partial charge in [0.2, 0.25) is 5.91 Å². The van der Waals surface area contributed by atoms with Crippen LogP contribution in [0.3, 0.4) is 0 Å². The Labute approximate surface area is 373 Å². The maximum absolute atomic E-state index is 12.4. The minimum atomic E-state index is -0.861. The molecule has 0 heterocycles. The lowest BCUT2D eigenvalue weighted by atomic mass is 10.0. The Balaban J connectivity index is 3.54. The van der Waals surface area contributed by atoms with Gasteiger partial charge < -0.3 is 20.3 Å². The first-order chi connectivity index (χ1) is 29.5. The fourth-order valence-electron chi connectivity index (χ4n) is 7.83. The molecule has 0 radical (unpaired) electrons. The van der Waals surface area contributed by atoms with Gasteiger partial charge in [-0.15, -0.1) is 0 Å². The average Bonchev–Trinajstić information content (AvgIpc) is 3.25. The van der Waals surface area contributed by atoms with E-state index in [2.05, 4.69) is 43.5 Å². The Bertz CT molecular complexity index is 977. The van der Waals surface area contributed by atoms with Crippen LogP contribution >= 0.6 is 0 Å². The van der Waals surface area contributed by atoms with Gasteiger partial charge in [0.05, 0.1) is 25.4 Å². The highest BCUT2D eigenvalue weighted by molar-refractivity contribution is 5.76. The Morgan fingerprint density at radius 1 is 0.467 bits per heavy atom. The van der Waals surface area contributed by atoms with E-state index in [1.54, 1.807) is 6.08 Å². The van der Waals surface area contributed by atoms with E-state index in [-0.39, 0.29) is 18.5 Å². The molecule has 0 aromatic rings. The summed E-state index contributed by atoms with van der Waals surface area (Å²) >= 11 is 0. The number of unbranched alkanes of at least 4 members (excludes halogenated alkanes) is 33. The summed E-state index contributed by atoms with van der Waals surface area (Å²) in [4.78, 5) is 24.5. The first-order valence-electron chi connectivity index (χ1n) is 26.3. The minimum Gasteiger partial charge on any atom is -0.466 e. The maximum atomic E-state index is 12.4. The summed E-state index contributed by atoms with van der Waals surface area (Å²) in [5.74, 6) is -0.127. The van der Waals surface area contributed by atoms with Crippen LogP contribution in [-0.4, -0.2) is 47.4 Å². The average molecular weight is 844 g/mol. The van der Waals surface area contributed by atoms with Gasteiger partial charge in [-0.2, -0.15) is 0 Å². The third kappa shape index (κ3) is 45.6. The zero-order valence-corrected chi connectivity index (χ0v) is 39.9. The monoisotopic (exact) mass is 844 g/mol. The highest BCUT2D eigenvalue weighted by Gasteiger charge is 2.18. The van der Waals surface area contributed by atoms with Gasteiger partial charge in [0.25, 0.3) is 0 Å². The molecule has 1 amide bonds. The van der Waals surface area contributed by atoms with Crippen molar-refractivity contribution in [1.29, 1.82) is 0 Å². The van der Waals surface area contributed by atoms with Gasteiger partial charge in [-0.25, -0.2) is 0 Å². The first kappa shape index (κ1) is 58.1. The molecule has 0 aromatic carbocycles. The van der Waals surface area contributed by atoms with Crippen molar-refractivity contribution in [3.8, 4) is 0 Å². The molecular formula is C54H101NO5. The number of rotatable bonds is 48. The Hall–Kier alpha value is -1.92. The van der Waals surface area contributed by atoms with E-state index in [1.807, 2.05) is 6.08 Å². The number of carbonyl (C=O) groups excluding carboxylic acids is 2. The summed E-state index contributed by atoms with van der Waals surface area (Å²) in [6.45, 7) is 4.81. The van der Waals surface area contributed by atoms with Gasteiger partial charge in [-0.3, -0.25) is 9.59 Å². The predicted molar refractivity (Wildman–Crippen MR) is 259 cm³/mol. The summed E-state index contributed by atoms with van der Waals surface area (Å²) in [6.07, 6.45) is 60.0. The van der Waals surface area contributed by atoms with Gasteiger partial charge in [0.1, 0.15) is 0 Å². The molecule has 60 heavy (non-hydrogen) atoms. The number of hydrogen-bond donors (Lipinski definition) is 3. The van der Waals surface area contributed by atoms with Crippen LogP contribution in [0.4, 0.5) is 0 Å². The molecule has 0 spiro atoms. The molecular weight excluding hydrogens is 743 g/mol. The van der Waals surface area contributed by atoms with Crippen LogP contribution in [0.25, 0.3) is 0 Å². The molecule has 6 nitrogen and oxygen atoms in total. The van der Waals surface area contributed by atoms with Gasteiger partial charge in [-0.05, 0) is 57.8 Å². The number of nitrogens with one attached hydrogen (secondary N) is 1. The normalized spacial score (nSPS) is 12.9. The highest BCUT2D eigenvalue weighted by Crippen LogP contribution is 2.16. The third-order valence-electron chi connectivity index (χ3n) is 11.9. The van der Waals surface area contributed by atoms with E-state index < -0.39 is 12.1 Å². The van der Waals surface area contributed by atoms with Crippen LogP contribution in [0, 0.1) is 0 Å². The van der Waals surface area contributed by atoms with Crippen molar-refractivity contribution in [1.82, 2.24) is 5.32 Å². The number of esters is 1. The Morgan fingerprint density at radius 3 is 1.32 bits per heavy atom. The molecule has 0 aliphatic carbocycles. The van der Waals surface area contributed by atoms with Gasteiger partial charge in [0, 0.05) is 12.8 Å². The quantitative estimate of drug-likeness (QED) is 0.0322. The van der Waals surface area contributed by atoms with E-state index in [9.17, 15) is 19.8 Å². The predicted octanol–water partition coefficient (Wildman–Crippen LogP) is 15.7. The van der Waals surface area contributed by atoms with E-state index >= 15 is 0 Å². The molecule has 0 aliphatic heterocycles. The minimum absolute atomic E-state index is 0.0356. The molecule has 0 aliphatic rings. The van der Waals surface area contributed by atoms with Crippen LogP contribution in [0.5, 0.6) is 0 Å². The highest BCUT2D eigenvalue weighted by atomic mass is 16.5. The maximum Gasteiger partial charge on any atom is 0.305 e. The Morgan fingerprint density at radius 2 is 0.850 bits per heavy atom. The fourth-order valence-corrected chi connectivity index (χ4v) is 7.83. The topological polar surface area (TPSA) is 95.9 Å². The molecule has 0 saturated carbocycles. The van der Waals surface area contributed by atoms with E-state index in [4.69, 9.17) is 4.74 Å². The van der Waals surface area contributed by atoms with Gasteiger partial charge in [-0.1, -0.05) is 237 Å². The molecule has 0 saturated heterocycles. The molecule has 0 rings (SSSR count). The van der Waals surface area contributed by atoms with Gasteiger partial charge in [0.15, 0.2) is 0 Å². The summed E-state index contributed by atoms with van der Waals surface area (Å²) in [5, 5.41) is 23.1. The van der Waals surface area contributed by atoms with Crippen molar-refractivity contribution in [3.63, 3.8) is 0 Å². The van der Waals surface area contributed by atoms with Crippen molar-refractivity contribution in [2.75, 3.05) is 13.2 Å². The van der Waals surface area contributed by atoms with Crippen molar-refractivity contribution >= 4 is 11.9 Å². The molecule has 0 aromatic heterocycles. The number of ether oxygens (including phenoxy) is 1. The number of amides is 1. The molecule has 0 fully saturated rings. The lowest BCUT2D eigenvalue weighted by Crippen LogP contribution is -2.45. The Kier molecular flexibility index (Phi) is 48.1. The van der Waals surface area contributed by atoms with Crippen LogP contribution in [-0.2, 0) is 14.3 Å². The summed E-state index contributed by atoms with van der Waals surface area (Å²) in [5.41, 5.74) is 0. The van der Waals surface area contributed by atoms with Crippen LogP contribution in [0.15, 0.2) is 36.5 Å². The van der Waals surface area contributed by atoms with Crippen molar-refractivity contribution in [3.05, 3.63) is 36.5 Å². The van der Waals surface area contributed by atoms with Crippen LogP contribution in [0.1, 0.15) is 271 Å². The van der Waals surface area contributed by atoms with E-state index in [0.29, 0.717) is 19.4 Å². The summed E-state index contributed by atoms with van der Waals surface area (Å²) in [7, 11) is 0. The van der Waals surface area contributed by atoms with Crippen molar-refractivity contribution < 1.29 is 24.5 Å². The molecule has 2 atom stereocenters. The lowest BCUT2D eigenvalue weighted by Gasteiger charge is -2.20. The van der Waals surface area contributed by atoms with Gasteiger partial charge >= 0.3 is 5.97 Å². The number of carbonyl (C=O) groups is 2. The molecule has 6 heteroatoms. The third-order valence-corrected chi connectivity index (χ3v) is 11.9. The number of hydrogen-bond acceptors (Lipinski definition) is 5. The second-order valence-electron chi connectivity index (χ2n) is 17.9. The molecule has 0 bridgehead atoms. The molecule has 2 unspecified atom stereocenters. The van der Waals surface area contributed by atoms with Crippen LogP contribution in [0.2, 0.25) is 0 Å².